The molecule has 506 valence electrons. The molecule has 0 bridgehead atoms. The van der Waals surface area contributed by atoms with E-state index < -0.39 is 134 Å². The van der Waals surface area contributed by atoms with Crippen molar-refractivity contribution < 1.29 is 157 Å². The molecule has 0 unspecified atom stereocenters. The fraction of sp³-hybridized carbons (Fsp3) is 0.424. The van der Waals surface area contributed by atoms with E-state index in [0.29, 0.717) is 34.4 Å². The summed E-state index contributed by atoms with van der Waals surface area (Å²) in [6.07, 6.45) is -15.0. The molecule has 12 atom stereocenters. The maximum absolute atomic E-state index is 13.0. The summed E-state index contributed by atoms with van der Waals surface area (Å²) in [5, 5.41) is 107. The van der Waals surface area contributed by atoms with Crippen LogP contribution in [-0.2, 0) is 47.7 Å². The van der Waals surface area contributed by atoms with Gasteiger partial charge in [-0.2, -0.15) is 23.5 Å². The molecule has 12 N–H and O–H groups in total. The van der Waals surface area contributed by atoms with E-state index in [-0.39, 0.29) is 121 Å². The number of carboxylic acid groups (broad SMARTS) is 2. The van der Waals surface area contributed by atoms with E-state index in [0.717, 1.165) is 36.1 Å². The number of aliphatic hydroxyl groups is 6. The molecule has 5 aromatic carbocycles. The summed E-state index contributed by atoms with van der Waals surface area (Å²) in [6.45, 7) is 0.741. The third-order valence-electron chi connectivity index (χ3n) is 15.4. The molecule has 2 saturated heterocycles. The number of anilines is 2. The summed E-state index contributed by atoms with van der Waals surface area (Å²) in [4.78, 5) is 101. The molecule has 96 heavy (non-hydrogen) atoms. The Bertz CT molecular complexity index is 3120. The van der Waals surface area contributed by atoms with Gasteiger partial charge in [-0.25, -0.2) is 0 Å². The number of aliphatic hydroxyl groups excluding tert-OH is 6. The van der Waals surface area contributed by atoms with E-state index in [1.165, 1.54) is 23.5 Å². The first-order valence-electron chi connectivity index (χ1n) is 30.4. The zero-order valence-electron chi connectivity index (χ0n) is 53.6. The van der Waals surface area contributed by atoms with Crippen LogP contribution >= 0.6 is 23.5 Å². The van der Waals surface area contributed by atoms with E-state index in [9.17, 15) is 79.2 Å². The Morgan fingerprint density at radius 3 is 1.17 bits per heavy atom. The second-order valence-corrected chi connectivity index (χ2v) is 24.9. The van der Waals surface area contributed by atoms with E-state index in [2.05, 4.69) is 31.9 Å². The van der Waals surface area contributed by atoms with Crippen molar-refractivity contribution in [3.05, 3.63) is 145 Å². The summed E-state index contributed by atoms with van der Waals surface area (Å²) in [5.41, 5.74) is 5.04. The number of thioether (sulfide) groups is 2. The van der Waals surface area contributed by atoms with Gasteiger partial charge in [0.25, 0.3) is 11.8 Å². The molecule has 0 saturated carbocycles. The Labute approximate surface area is 607 Å². The smallest absolute Gasteiger partial charge is 0.544 e. The third-order valence-corrected chi connectivity index (χ3v) is 17.5. The Hall–Kier alpha value is -5.84. The third kappa shape index (κ3) is 23.7. The van der Waals surface area contributed by atoms with Gasteiger partial charge in [0.1, 0.15) is 36.4 Å². The van der Waals surface area contributed by atoms with Gasteiger partial charge >= 0.3 is 59.1 Å². The van der Waals surface area contributed by atoms with Crippen molar-refractivity contribution in [2.24, 2.45) is 0 Å². The van der Waals surface area contributed by atoms with Gasteiger partial charge in [0.05, 0.1) is 49.7 Å². The Morgan fingerprint density at radius 1 is 0.510 bits per heavy atom. The monoisotopic (exact) mass is 1380 g/mol. The number of carboxylic acids is 2. The summed E-state index contributed by atoms with van der Waals surface area (Å²) in [6, 6.07) is 35.9. The Morgan fingerprint density at radius 2 is 0.844 bits per heavy atom. The summed E-state index contributed by atoms with van der Waals surface area (Å²) in [7, 11) is 0. The largest absolute Gasteiger partial charge is 1.00 e. The molecular weight excluding hydrogens is 1310 g/mol. The van der Waals surface area contributed by atoms with Gasteiger partial charge in [0, 0.05) is 86.6 Å². The molecule has 2 aliphatic rings. The van der Waals surface area contributed by atoms with Crippen LogP contribution in [-0.4, -0.2) is 200 Å². The van der Waals surface area contributed by atoms with Gasteiger partial charge in [-0.3, -0.25) is 28.8 Å². The van der Waals surface area contributed by atoms with E-state index in [1.807, 2.05) is 60.7 Å². The van der Waals surface area contributed by atoms with Crippen molar-refractivity contribution in [1.82, 2.24) is 21.3 Å². The van der Waals surface area contributed by atoms with Gasteiger partial charge < -0.3 is 101 Å². The average molecular weight is 1390 g/mol. The minimum Gasteiger partial charge on any atom is -0.544 e. The molecule has 0 radical (unpaired) electrons. The van der Waals surface area contributed by atoms with E-state index in [4.69, 9.17) is 18.9 Å². The zero-order valence-corrected chi connectivity index (χ0v) is 59.2. The van der Waals surface area contributed by atoms with Gasteiger partial charge in [-0.1, -0.05) is 84.9 Å². The molecule has 2 aliphatic heterocycles. The molecule has 7 rings (SSSR count). The van der Waals surface area contributed by atoms with Crippen LogP contribution in [0.4, 0.5) is 11.4 Å². The van der Waals surface area contributed by atoms with Crippen LogP contribution in [0.2, 0.25) is 0 Å². The van der Waals surface area contributed by atoms with E-state index >= 15 is 0 Å². The normalized spacial score (nSPS) is 21.8. The zero-order chi connectivity index (χ0) is 68.0. The summed E-state index contributed by atoms with van der Waals surface area (Å²) in [5.74, 6) is -10.6. The van der Waals surface area contributed by atoms with Crippen LogP contribution in [0.3, 0.4) is 0 Å². The molecule has 6 amide bonds. The number of aliphatic carboxylic acids is 2. The fourth-order valence-corrected chi connectivity index (χ4v) is 12.2. The quantitative estimate of drug-likeness (QED) is 0.0135. The van der Waals surface area contributed by atoms with Gasteiger partial charge in [-0.15, -0.1) is 0 Å². The maximum atomic E-state index is 13.0. The molecule has 0 aliphatic carbocycles. The van der Waals surface area contributed by atoms with Gasteiger partial charge in [-0.05, 0) is 95.1 Å². The number of benzene rings is 5. The molecule has 2 fully saturated rings. The van der Waals surface area contributed by atoms with Crippen LogP contribution in [0.5, 0.6) is 0 Å². The van der Waals surface area contributed by atoms with Crippen LogP contribution in [0.15, 0.2) is 133 Å². The fourth-order valence-electron chi connectivity index (χ4n) is 10.5. The number of amides is 6. The number of rotatable bonds is 34. The van der Waals surface area contributed by atoms with Gasteiger partial charge in [0.15, 0.2) is 0 Å². The standard InChI is InChI=1S/C66H80N6O20S2.2Na/c1-39(73)69-55-49(75)35-65(63(85)86,91-59(55)57(81)51(77)37-67-61(83)45-19-15-43(16-20-45)41-11-5-3-6-12-41)89-29-9-31-93-33-27-53(79)71-47-23-25-48(26-24-47)72-54(80)28-34-94-32-10-30-90-66(64(87)88)36-50(76)56(70-40(2)74)60(92-66)58(82)52(78)38-68-62(84)46-21-17-44(18-22-46)42-13-7-4-8-14-42;;/h3-8,11-26,49-52,55-60,75-78,81-82H,9-10,27-38H2,1-2H3,(H,67,83)(H,68,84)(H,69,73)(H,70,74)(H,71,79)(H,72,80)(H,85,86)(H,87,88);;/q;2*+1/p-2/t49-,50-,51+,52+,55+,56+,57+,58+,59+,60+,65+,66+;;/m0../s1. The van der Waals surface area contributed by atoms with Crippen molar-refractivity contribution in [3.63, 3.8) is 0 Å². The number of hydrogen-bond acceptors (Lipinski definition) is 22. The first-order chi connectivity index (χ1) is 45.0. The molecular formula is C66H78N6Na2O20S2. The predicted octanol–water partition coefficient (Wildman–Crippen LogP) is -5.53. The molecule has 0 aromatic heterocycles. The second kappa shape index (κ2) is 39.7. The molecule has 26 nitrogen and oxygen atoms in total. The molecule has 30 heteroatoms. The maximum Gasteiger partial charge on any atom is 1.00 e. The number of carbonyl (C=O) groups is 8. The first kappa shape index (κ1) is 80.8. The van der Waals surface area contributed by atoms with Crippen molar-refractivity contribution in [1.29, 1.82) is 0 Å². The van der Waals surface area contributed by atoms with Crippen LogP contribution in [0.25, 0.3) is 22.3 Å². The van der Waals surface area contributed by atoms with Crippen LogP contribution in [0.1, 0.15) is 73.1 Å². The molecule has 2 heterocycles. The minimum absolute atomic E-state index is 0. The van der Waals surface area contributed by atoms with Crippen LogP contribution in [0, 0.1) is 0 Å². The SMILES string of the molecule is CC(=O)N[C@H]1[C@H]([C@H](O)[C@H](O)CNC(=O)c2ccc(-c3ccccc3)cc2)O[C@@](OCCCSCCC(=O)Nc2ccc(NC(=O)CCSCCCO[C@]3(C(=O)[O-])C[C@H](O)[C@@H](NC(C)=O)[C@H]([C@H](O)[C@H](O)CNC(=O)c4ccc(-c5ccccc5)cc4)O3)cc2)(C(=O)[O-])C[C@@H]1O.[Na+].[Na+]. The van der Waals surface area contributed by atoms with Crippen molar-refractivity contribution in [3.8, 4) is 22.3 Å². The number of hydrogen-bond donors (Lipinski definition) is 12. The Balaban J connectivity index is 0.00000833. The van der Waals surface area contributed by atoms with Crippen molar-refractivity contribution in [2.45, 2.75) is 125 Å². The summed E-state index contributed by atoms with van der Waals surface area (Å²) >= 11 is 2.73. The predicted molar refractivity (Wildman–Crippen MR) is 343 cm³/mol. The summed E-state index contributed by atoms with van der Waals surface area (Å²) < 4.78 is 22.9. The Kier molecular flexibility index (Phi) is 33.4. The van der Waals surface area contributed by atoms with Gasteiger partial charge in [0.2, 0.25) is 35.2 Å². The minimum atomic E-state index is -2.61. The molecule has 5 aromatic rings. The molecule has 0 spiro atoms. The number of ether oxygens (including phenoxy) is 4. The van der Waals surface area contributed by atoms with Crippen LogP contribution < -0.4 is 101 Å². The van der Waals surface area contributed by atoms with Crippen molar-refractivity contribution >= 4 is 82.3 Å². The topological polar surface area (TPSA) is 413 Å². The first-order valence-corrected chi connectivity index (χ1v) is 32.7. The number of nitrogens with one attached hydrogen (secondary N) is 6. The van der Waals surface area contributed by atoms with Crippen molar-refractivity contribution in [2.75, 3.05) is 59.9 Å². The average Bonchev–Trinajstić information content (AvgIpc) is 0.778. The van der Waals surface area contributed by atoms with E-state index in [1.54, 1.807) is 72.8 Å². The second-order valence-electron chi connectivity index (χ2n) is 22.5. The number of carbonyl (C=O) groups excluding carboxylic acids is 8.